The van der Waals surface area contributed by atoms with E-state index in [0.29, 0.717) is 0 Å². The van der Waals surface area contributed by atoms with Crippen LogP contribution in [0.5, 0.6) is 0 Å². The fourth-order valence-corrected chi connectivity index (χ4v) is 1.93. The molecule has 0 bridgehead atoms. The van der Waals surface area contributed by atoms with Crippen LogP contribution in [0.15, 0.2) is 73.2 Å². The Bertz CT molecular complexity index is 694. The van der Waals surface area contributed by atoms with E-state index in [1.54, 1.807) is 12.4 Å². The van der Waals surface area contributed by atoms with Crippen LogP contribution in [-0.4, -0.2) is 15.2 Å². The summed E-state index contributed by atoms with van der Waals surface area (Å²) in [6, 6.07) is 18.3. The van der Waals surface area contributed by atoms with Crippen molar-refractivity contribution in [2.45, 2.75) is 0 Å². The van der Waals surface area contributed by atoms with Crippen LogP contribution in [0.3, 0.4) is 0 Å². The molecule has 0 atom stereocenters. The van der Waals surface area contributed by atoms with Gasteiger partial charge in [0.1, 0.15) is 0 Å². The fraction of sp³-hybridized carbons (Fsp3) is 0. The van der Waals surface area contributed by atoms with Crippen LogP contribution in [0.1, 0.15) is 0 Å². The third kappa shape index (κ3) is 2.60. The van der Waals surface area contributed by atoms with E-state index in [4.69, 9.17) is 0 Å². The van der Waals surface area contributed by atoms with Gasteiger partial charge in [-0.05, 0) is 17.5 Å². The maximum atomic E-state index is 3.76. The molecule has 92 valence electrons. The zero-order valence-corrected chi connectivity index (χ0v) is 10.3. The van der Waals surface area contributed by atoms with Gasteiger partial charge in [0.25, 0.3) is 0 Å². The van der Waals surface area contributed by atoms with Crippen molar-refractivity contribution in [2.75, 3.05) is 0 Å². The minimum atomic E-state index is 1.14. The topological polar surface area (TPSA) is 41.6 Å². The van der Waals surface area contributed by atoms with E-state index >= 15 is 0 Å². The second kappa shape index (κ2) is 5.31. The molecule has 2 aromatic carbocycles. The molecule has 2 aromatic heterocycles. The normalized spacial score (nSPS) is 10.1. The number of nitrogens with zero attached hydrogens (tertiary/aromatic N) is 2. The van der Waals surface area contributed by atoms with Crippen LogP contribution >= 0.6 is 0 Å². The lowest BCUT2D eigenvalue weighted by atomic mass is 10.2. The lowest BCUT2D eigenvalue weighted by molar-refractivity contribution is 1.05. The molecule has 0 saturated carbocycles. The quantitative estimate of drug-likeness (QED) is 0.513. The van der Waals surface area contributed by atoms with Gasteiger partial charge in [-0.3, -0.25) is 0 Å². The summed E-state index contributed by atoms with van der Waals surface area (Å²) in [5, 5.41) is 11.1. The average Bonchev–Trinajstić information content (AvgIpc) is 2.96. The van der Waals surface area contributed by atoms with E-state index in [2.05, 4.69) is 33.4 Å². The first-order valence-corrected chi connectivity index (χ1v) is 6.11. The maximum absolute atomic E-state index is 3.76. The van der Waals surface area contributed by atoms with E-state index < -0.39 is 0 Å². The number of hydrogen-bond acceptors (Lipinski definition) is 2. The largest absolute Gasteiger partial charge is 0.361 e. The fourth-order valence-electron chi connectivity index (χ4n) is 1.93. The predicted molar refractivity (Wildman–Crippen MR) is 77.8 cm³/mol. The molecule has 4 aromatic rings. The number of nitrogens with one attached hydrogen (secondary N) is 1. The van der Waals surface area contributed by atoms with Crippen molar-refractivity contribution >= 4 is 21.7 Å². The van der Waals surface area contributed by atoms with E-state index in [9.17, 15) is 0 Å². The van der Waals surface area contributed by atoms with Gasteiger partial charge in [-0.25, -0.2) is 0 Å². The van der Waals surface area contributed by atoms with Crippen molar-refractivity contribution < 1.29 is 0 Å². The second-order valence-corrected chi connectivity index (χ2v) is 4.18. The molecule has 3 heteroatoms. The molecule has 0 spiro atoms. The first-order chi connectivity index (χ1) is 9.43. The average molecular weight is 247 g/mol. The van der Waals surface area contributed by atoms with E-state index in [1.165, 1.54) is 10.9 Å². The smallest absolute Gasteiger partial charge is 0.0574 e. The zero-order valence-electron chi connectivity index (χ0n) is 10.3. The van der Waals surface area contributed by atoms with Crippen molar-refractivity contribution in [3.05, 3.63) is 73.2 Å². The van der Waals surface area contributed by atoms with E-state index in [1.807, 2.05) is 42.6 Å². The van der Waals surface area contributed by atoms with Crippen LogP contribution < -0.4 is 0 Å². The first-order valence-electron chi connectivity index (χ1n) is 6.11. The molecule has 19 heavy (non-hydrogen) atoms. The SMILES string of the molecule is c1ccc2[nH]ccc2c1.c1ccc2cnncc2c1. The molecule has 0 aliphatic heterocycles. The van der Waals surface area contributed by atoms with Gasteiger partial charge in [-0.1, -0.05) is 42.5 Å². The van der Waals surface area contributed by atoms with Crippen LogP contribution in [0.25, 0.3) is 21.7 Å². The zero-order chi connectivity index (χ0) is 12.9. The van der Waals surface area contributed by atoms with E-state index in [0.717, 1.165) is 10.8 Å². The van der Waals surface area contributed by atoms with Gasteiger partial charge in [-0.2, -0.15) is 10.2 Å². The Morgan fingerprint density at radius 2 is 1.21 bits per heavy atom. The summed E-state index contributed by atoms with van der Waals surface area (Å²) < 4.78 is 0. The van der Waals surface area contributed by atoms with Gasteiger partial charge in [0, 0.05) is 22.5 Å². The van der Waals surface area contributed by atoms with Gasteiger partial charge >= 0.3 is 0 Å². The van der Waals surface area contributed by atoms with Gasteiger partial charge in [0.15, 0.2) is 0 Å². The Morgan fingerprint density at radius 1 is 0.632 bits per heavy atom. The minimum absolute atomic E-state index is 1.14. The van der Waals surface area contributed by atoms with Crippen molar-refractivity contribution in [3.8, 4) is 0 Å². The Kier molecular flexibility index (Phi) is 3.19. The summed E-state index contributed by atoms with van der Waals surface area (Å²) in [4.78, 5) is 3.12. The molecule has 0 aliphatic rings. The number of fused-ring (bicyclic) bond motifs is 2. The summed E-state index contributed by atoms with van der Waals surface area (Å²) in [7, 11) is 0. The molecule has 4 rings (SSSR count). The molecular formula is C16H13N3. The number of rotatable bonds is 0. The molecule has 0 saturated heterocycles. The molecular weight excluding hydrogens is 234 g/mol. The number of hydrogen-bond donors (Lipinski definition) is 1. The molecule has 0 unspecified atom stereocenters. The monoisotopic (exact) mass is 247 g/mol. The minimum Gasteiger partial charge on any atom is -0.361 e. The van der Waals surface area contributed by atoms with Crippen LogP contribution in [0.2, 0.25) is 0 Å². The lowest BCUT2D eigenvalue weighted by Gasteiger charge is -1.90. The second-order valence-electron chi connectivity index (χ2n) is 4.18. The van der Waals surface area contributed by atoms with Crippen LogP contribution in [-0.2, 0) is 0 Å². The van der Waals surface area contributed by atoms with Gasteiger partial charge < -0.3 is 4.98 Å². The van der Waals surface area contributed by atoms with E-state index in [-0.39, 0.29) is 0 Å². The highest BCUT2D eigenvalue weighted by molar-refractivity contribution is 5.80. The molecule has 0 aliphatic carbocycles. The van der Waals surface area contributed by atoms with Gasteiger partial charge in [0.05, 0.1) is 12.4 Å². The summed E-state index contributed by atoms with van der Waals surface area (Å²) in [6.07, 6.45) is 5.47. The maximum Gasteiger partial charge on any atom is 0.0574 e. The highest BCUT2D eigenvalue weighted by atomic mass is 15.1. The molecule has 0 fully saturated rings. The summed E-state index contributed by atoms with van der Waals surface area (Å²) in [5.74, 6) is 0. The van der Waals surface area contributed by atoms with Gasteiger partial charge in [0.2, 0.25) is 0 Å². The van der Waals surface area contributed by atoms with Crippen molar-refractivity contribution in [3.63, 3.8) is 0 Å². The molecule has 2 heterocycles. The molecule has 3 nitrogen and oxygen atoms in total. The highest BCUT2D eigenvalue weighted by Crippen LogP contribution is 2.09. The number of aromatic nitrogens is 3. The number of benzene rings is 2. The summed E-state index contributed by atoms with van der Waals surface area (Å²) in [5.41, 5.74) is 1.21. The van der Waals surface area contributed by atoms with Crippen molar-refractivity contribution in [2.24, 2.45) is 0 Å². The van der Waals surface area contributed by atoms with Gasteiger partial charge in [-0.15, -0.1) is 0 Å². The third-order valence-electron chi connectivity index (χ3n) is 2.92. The Hall–Kier alpha value is -2.68. The lowest BCUT2D eigenvalue weighted by Crippen LogP contribution is -1.77. The van der Waals surface area contributed by atoms with Crippen LogP contribution in [0.4, 0.5) is 0 Å². The Labute approximate surface area is 110 Å². The summed E-state index contributed by atoms with van der Waals surface area (Å²) >= 11 is 0. The van der Waals surface area contributed by atoms with Crippen LogP contribution in [0, 0.1) is 0 Å². The molecule has 0 radical (unpaired) electrons. The predicted octanol–water partition coefficient (Wildman–Crippen LogP) is 3.80. The number of para-hydroxylation sites is 1. The highest BCUT2D eigenvalue weighted by Gasteiger charge is 1.87. The summed E-state index contributed by atoms with van der Waals surface area (Å²) in [6.45, 7) is 0. The Balaban J connectivity index is 0.000000117. The number of aromatic amines is 1. The first kappa shape index (κ1) is 11.4. The Morgan fingerprint density at radius 3 is 1.84 bits per heavy atom. The molecule has 0 amide bonds. The molecule has 1 N–H and O–H groups in total. The van der Waals surface area contributed by atoms with Crippen molar-refractivity contribution in [1.29, 1.82) is 0 Å². The van der Waals surface area contributed by atoms with Crippen molar-refractivity contribution in [1.82, 2.24) is 15.2 Å². The third-order valence-corrected chi connectivity index (χ3v) is 2.92. The standard InChI is InChI=1S/C8H6N2.C8H7N/c1-2-4-8-6-10-9-5-7(8)3-1;1-2-4-8-7(3-1)5-6-9-8/h1-6H;1-6,9H. The number of H-pyrrole nitrogens is 1.